The summed E-state index contributed by atoms with van der Waals surface area (Å²) in [7, 11) is 1.33. The molecule has 1 N–H and O–H groups in total. The molecule has 0 spiro atoms. The molecule has 8 heteroatoms. The van der Waals surface area contributed by atoms with Gasteiger partial charge in [-0.2, -0.15) is 0 Å². The van der Waals surface area contributed by atoms with Crippen molar-refractivity contribution in [1.29, 1.82) is 0 Å². The molecule has 0 atom stereocenters. The van der Waals surface area contributed by atoms with E-state index in [-0.39, 0.29) is 17.0 Å². The maximum atomic E-state index is 12.1. The zero-order chi connectivity index (χ0) is 15.4. The van der Waals surface area contributed by atoms with Gasteiger partial charge in [0.1, 0.15) is 4.60 Å². The van der Waals surface area contributed by atoms with Crippen molar-refractivity contribution in [3.05, 3.63) is 56.8 Å². The summed E-state index contributed by atoms with van der Waals surface area (Å²) in [6, 6.07) is 7.33. The largest absolute Gasteiger partial charge is 0.490 e. The average Bonchev–Trinajstić information content (AvgIpc) is 2.48. The van der Waals surface area contributed by atoms with Crippen LogP contribution in [0.5, 0.6) is 5.75 Å². The van der Waals surface area contributed by atoms with Gasteiger partial charge in [0.25, 0.3) is 5.91 Å². The monoisotopic (exact) mass is 351 g/mol. The summed E-state index contributed by atoms with van der Waals surface area (Å²) in [4.78, 5) is 26.4. The van der Waals surface area contributed by atoms with Gasteiger partial charge in [0.05, 0.1) is 23.9 Å². The summed E-state index contributed by atoms with van der Waals surface area (Å²) in [5.41, 5.74) is 0.381. The number of nitro groups is 1. The van der Waals surface area contributed by atoms with Gasteiger partial charge in [-0.1, -0.05) is 0 Å². The molecule has 21 heavy (non-hydrogen) atoms. The third-order valence-electron chi connectivity index (χ3n) is 2.62. The summed E-state index contributed by atoms with van der Waals surface area (Å²) in [6.45, 7) is 0. The van der Waals surface area contributed by atoms with Crippen LogP contribution in [0.2, 0.25) is 0 Å². The zero-order valence-electron chi connectivity index (χ0n) is 10.9. The highest BCUT2D eigenvalue weighted by Crippen LogP contribution is 2.27. The van der Waals surface area contributed by atoms with Gasteiger partial charge in [0.2, 0.25) is 0 Å². The number of ether oxygens (including phenoxy) is 1. The van der Waals surface area contributed by atoms with Crippen molar-refractivity contribution < 1.29 is 14.5 Å². The molecule has 2 rings (SSSR count). The van der Waals surface area contributed by atoms with Gasteiger partial charge >= 0.3 is 5.69 Å². The number of nitro benzene ring substituents is 1. The minimum atomic E-state index is -0.600. The molecule has 1 amide bonds. The van der Waals surface area contributed by atoms with Gasteiger partial charge in [-0.3, -0.25) is 14.9 Å². The quantitative estimate of drug-likeness (QED) is 0.519. The number of amides is 1. The van der Waals surface area contributed by atoms with E-state index in [0.29, 0.717) is 10.3 Å². The maximum absolute atomic E-state index is 12.1. The fraction of sp³-hybridized carbons (Fsp3) is 0.0769. The SMILES string of the molecule is COc1ccc(C(=O)Nc2ccc(Br)nc2)cc1[N+](=O)[O-]. The Morgan fingerprint density at radius 2 is 2.14 bits per heavy atom. The number of benzene rings is 1. The Labute approximate surface area is 128 Å². The number of carbonyl (C=O) groups excluding carboxylic acids is 1. The van der Waals surface area contributed by atoms with Crippen LogP contribution in [0.1, 0.15) is 10.4 Å². The second kappa shape index (κ2) is 6.31. The van der Waals surface area contributed by atoms with E-state index in [4.69, 9.17) is 4.74 Å². The molecule has 7 nitrogen and oxygen atoms in total. The van der Waals surface area contributed by atoms with Crippen molar-refractivity contribution in [1.82, 2.24) is 4.98 Å². The third-order valence-corrected chi connectivity index (χ3v) is 3.09. The predicted molar refractivity (Wildman–Crippen MR) is 79.5 cm³/mol. The highest BCUT2D eigenvalue weighted by Gasteiger charge is 2.18. The van der Waals surface area contributed by atoms with Crippen LogP contribution in [0.25, 0.3) is 0 Å². The standard InChI is InChI=1S/C13H10BrN3O4/c1-21-11-4-2-8(6-10(11)17(19)20)13(18)16-9-3-5-12(14)15-7-9/h2-7H,1H3,(H,16,18). The van der Waals surface area contributed by atoms with E-state index in [9.17, 15) is 14.9 Å². The van der Waals surface area contributed by atoms with Gasteiger partial charge in [0, 0.05) is 11.6 Å². The first-order chi connectivity index (χ1) is 10.0. The number of halogens is 1. The molecule has 0 saturated heterocycles. The minimum absolute atomic E-state index is 0.0989. The number of rotatable bonds is 4. The van der Waals surface area contributed by atoms with E-state index in [1.165, 1.54) is 31.5 Å². The first-order valence-corrected chi connectivity index (χ1v) is 6.56. The van der Waals surface area contributed by atoms with Crippen molar-refractivity contribution in [2.75, 3.05) is 12.4 Å². The van der Waals surface area contributed by atoms with Crippen molar-refractivity contribution >= 4 is 33.2 Å². The van der Waals surface area contributed by atoms with Crippen LogP contribution >= 0.6 is 15.9 Å². The Bertz CT molecular complexity index is 688. The molecule has 0 unspecified atom stereocenters. The number of methoxy groups -OCH3 is 1. The fourth-order valence-electron chi connectivity index (χ4n) is 1.63. The Morgan fingerprint density at radius 1 is 1.38 bits per heavy atom. The summed E-state index contributed by atoms with van der Waals surface area (Å²) in [6.07, 6.45) is 1.47. The molecule has 1 heterocycles. The van der Waals surface area contributed by atoms with E-state index in [0.717, 1.165) is 0 Å². The van der Waals surface area contributed by atoms with Crippen LogP contribution < -0.4 is 10.1 Å². The number of nitrogens with one attached hydrogen (secondary N) is 1. The summed E-state index contributed by atoms with van der Waals surface area (Å²) >= 11 is 3.19. The fourth-order valence-corrected chi connectivity index (χ4v) is 1.86. The van der Waals surface area contributed by atoms with Gasteiger partial charge in [-0.25, -0.2) is 4.98 Å². The Morgan fingerprint density at radius 3 is 2.71 bits per heavy atom. The highest BCUT2D eigenvalue weighted by atomic mass is 79.9. The van der Waals surface area contributed by atoms with Crippen LogP contribution in [-0.4, -0.2) is 22.9 Å². The van der Waals surface area contributed by atoms with E-state index in [2.05, 4.69) is 26.2 Å². The average molecular weight is 352 g/mol. The van der Waals surface area contributed by atoms with E-state index in [1.54, 1.807) is 12.1 Å². The molecule has 108 valence electrons. The van der Waals surface area contributed by atoms with E-state index in [1.807, 2.05) is 0 Å². The number of pyridine rings is 1. The number of hydrogen-bond acceptors (Lipinski definition) is 5. The minimum Gasteiger partial charge on any atom is -0.490 e. The van der Waals surface area contributed by atoms with Crippen LogP contribution in [0, 0.1) is 10.1 Å². The Kier molecular flexibility index (Phi) is 4.49. The molecule has 0 aliphatic rings. The molecule has 2 aromatic rings. The lowest BCUT2D eigenvalue weighted by atomic mass is 10.1. The molecular weight excluding hydrogens is 342 g/mol. The lowest BCUT2D eigenvalue weighted by molar-refractivity contribution is -0.385. The molecule has 0 bridgehead atoms. The first kappa shape index (κ1) is 14.9. The highest BCUT2D eigenvalue weighted by molar-refractivity contribution is 9.10. The normalized spacial score (nSPS) is 10.0. The summed E-state index contributed by atoms with van der Waals surface area (Å²) in [5.74, 6) is -0.369. The number of nitrogens with zero attached hydrogens (tertiary/aromatic N) is 2. The van der Waals surface area contributed by atoms with E-state index >= 15 is 0 Å². The molecule has 0 radical (unpaired) electrons. The van der Waals surface area contributed by atoms with Crippen molar-refractivity contribution in [3.63, 3.8) is 0 Å². The summed E-state index contributed by atoms with van der Waals surface area (Å²) < 4.78 is 5.52. The molecule has 1 aromatic heterocycles. The van der Waals surface area contributed by atoms with Crippen molar-refractivity contribution in [2.45, 2.75) is 0 Å². The Hall–Kier alpha value is -2.48. The van der Waals surface area contributed by atoms with Gasteiger partial charge in [-0.05, 0) is 40.2 Å². The van der Waals surface area contributed by atoms with Crippen molar-refractivity contribution in [3.8, 4) is 5.75 Å². The van der Waals surface area contributed by atoms with Gasteiger partial charge in [-0.15, -0.1) is 0 Å². The molecule has 0 aliphatic heterocycles. The zero-order valence-corrected chi connectivity index (χ0v) is 12.5. The van der Waals surface area contributed by atoms with Crippen LogP contribution in [0.3, 0.4) is 0 Å². The third kappa shape index (κ3) is 3.54. The second-order valence-corrected chi connectivity index (χ2v) is 4.78. The second-order valence-electron chi connectivity index (χ2n) is 3.97. The van der Waals surface area contributed by atoms with Crippen LogP contribution in [0.4, 0.5) is 11.4 Å². The number of aromatic nitrogens is 1. The molecule has 0 aliphatic carbocycles. The predicted octanol–water partition coefficient (Wildman–Crippen LogP) is 3.01. The van der Waals surface area contributed by atoms with Crippen LogP contribution in [0.15, 0.2) is 41.1 Å². The molecular formula is C13H10BrN3O4. The van der Waals surface area contributed by atoms with E-state index < -0.39 is 10.8 Å². The lowest BCUT2D eigenvalue weighted by Crippen LogP contribution is -2.12. The van der Waals surface area contributed by atoms with Gasteiger partial charge in [0.15, 0.2) is 5.75 Å². The van der Waals surface area contributed by atoms with Crippen LogP contribution in [-0.2, 0) is 0 Å². The topological polar surface area (TPSA) is 94.4 Å². The first-order valence-electron chi connectivity index (χ1n) is 5.76. The summed E-state index contributed by atoms with van der Waals surface area (Å²) in [5, 5.41) is 13.5. The number of anilines is 1. The smallest absolute Gasteiger partial charge is 0.311 e. The van der Waals surface area contributed by atoms with Crippen molar-refractivity contribution in [2.24, 2.45) is 0 Å². The lowest BCUT2D eigenvalue weighted by Gasteiger charge is -2.06. The number of carbonyl (C=O) groups is 1. The molecule has 0 saturated carbocycles. The van der Waals surface area contributed by atoms with Gasteiger partial charge < -0.3 is 10.1 Å². The maximum Gasteiger partial charge on any atom is 0.311 e. The Balaban J connectivity index is 2.25. The number of hydrogen-bond donors (Lipinski definition) is 1. The molecule has 0 fully saturated rings. The molecule has 1 aromatic carbocycles.